The molecule has 0 aliphatic heterocycles. The van der Waals surface area contributed by atoms with Gasteiger partial charge in [-0.3, -0.25) is 0 Å². The molecule has 3 rings (SSSR count). The number of imidazole rings is 1. The van der Waals surface area contributed by atoms with Gasteiger partial charge in [0.25, 0.3) is 0 Å². The molecule has 2 N–H and O–H groups in total. The summed E-state index contributed by atoms with van der Waals surface area (Å²) in [7, 11) is 1.89. The van der Waals surface area contributed by atoms with Gasteiger partial charge >= 0.3 is 0 Å². The first-order valence-electron chi connectivity index (χ1n) is 5.64. The van der Waals surface area contributed by atoms with Gasteiger partial charge in [0.2, 0.25) is 5.88 Å². The summed E-state index contributed by atoms with van der Waals surface area (Å²) in [6.45, 7) is 0. The van der Waals surface area contributed by atoms with Crippen LogP contribution in [-0.2, 0) is 7.05 Å². The molecule has 19 heavy (non-hydrogen) atoms. The molecule has 0 aliphatic carbocycles. The highest BCUT2D eigenvalue weighted by molar-refractivity contribution is 6.30. The molecule has 0 bridgehead atoms. The van der Waals surface area contributed by atoms with Crippen molar-refractivity contribution < 1.29 is 4.52 Å². The lowest BCUT2D eigenvalue weighted by Crippen LogP contribution is -1.88. The molecule has 0 amide bonds. The van der Waals surface area contributed by atoms with Gasteiger partial charge in [0.15, 0.2) is 0 Å². The van der Waals surface area contributed by atoms with Crippen molar-refractivity contribution in [2.75, 3.05) is 5.73 Å². The molecule has 5 nitrogen and oxygen atoms in total. The van der Waals surface area contributed by atoms with Crippen molar-refractivity contribution in [1.29, 1.82) is 0 Å². The Bertz CT molecular complexity index is 715. The third kappa shape index (κ3) is 2.08. The van der Waals surface area contributed by atoms with Crippen LogP contribution < -0.4 is 5.73 Å². The maximum Gasteiger partial charge on any atom is 0.230 e. The second kappa shape index (κ2) is 4.44. The minimum absolute atomic E-state index is 0.267. The Morgan fingerprint density at radius 3 is 2.63 bits per heavy atom. The van der Waals surface area contributed by atoms with E-state index in [2.05, 4.69) is 10.1 Å². The van der Waals surface area contributed by atoms with E-state index in [1.807, 2.05) is 29.9 Å². The van der Waals surface area contributed by atoms with E-state index >= 15 is 0 Å². The summed E-state index contributed by atoms with van der Waals surface area (Å²) in [4.78, 5) is 4.26. The van der Waals surface area contributed by atoms with Crippen LogP contribution in [0, 0.1) is 0 Å². The molecule has 0 radical (unpaired) electrons. The van der Waals surface area contributed by atoms with Gasteiger partial charge in [0, 0.05) is 18.3 Å². The number of nitrogen functional groups attached to an aromatic ring is 1. The van der Waals surface area contributed by atoms with Gasteiger partial charge in [-0.1, -0.05) is 28.9 Å². The van der Waals surface area contributed by atoms with Crippen LogP contribution in [0.4, 0.5) is 5.88 Å². The smallest absolute Gasteiger partial charge is 0.230 e. The third-order valence-corrected chi connectivity index (χ3v) is 3.05. The van der Waals surface area contributed by atoms with Gasteiger partial charge in [-0.2, -0.15) is 0 Å². The molecule has 2 heterocycles. The van der Waals surface area contributed by atoms with E-state index in [0.717, 1.165) is 11.1 Å². The van der Waals surface area contributed by atoms with Gasteiger partial charge in [-0.25, -0.2) is 4.98 Å². The Hall–Kier alpha value is -2.27. The standard InChI is InChI=1S/C13H11ClN4O/c1-18-6-10(16-7-18)12-11(13(15)19-17-12)8-2-4-9(14)5-3-8/h2-7H,15H2,1H3. The van der Waals surface area contributed by atoms with Crippen molar-refractivity contribution in [1.82, 2.24) is 14.7 Å². The minimum atomic E-state index is 0.267. The van der Waals surface area contributed by atoms with E-state index in [9.17, 15) is 0 Å². The number of halogens is 1. The Kier molecular flexibility index (Phi) is 2.76. The van der Waals surface area contributed by atoms with Crippen molar-refractivity contribution in [3.8, 4) is 22.5 Å². The summed E-state index contributed by atoms with van der Waals surface area (Å²) in [5.74, 6) is 0.267. The molecule has 3 aromatic rings. The summed E-state index contributed by atoms with van der Waals surface area (Å²) in [5.41, 5.74) is 8.82. The Balaban J connectivity index is 2.16. The quantitative estimate of drug-likeness (QED) is 0.780. The lowest BCUT2D eigenvalue weighted by molar-refractivity contribution is 0.439. The summed E-state index contributed by atoms with van der Waals surface area (Å²) in [5, 5.41) is 4.65. The zero-order valence-corrected chi connectivity index (χ0v) is 10.9. The number of hydrogen-bond acceptors (Lipinski definition) is 4. The topological polar surface area (TPSA) is 69.9 Å². The minimum Gasteiger partial charge on any atom is -0.367 e. The van der Waals surface area contributed by atoms with Crippen molar-refractivity contribution in [2.24, 2.45) is 7.05 Å². The van der Waals surface area contributed by atoms with Gasteiger partial charge in [-0.05, 0) is 17.7 Å². The van der Waals surface area contributed by atoms with Crippen molar-refractivity contribution >= 4 is 17.5 Å². The van der Waals surface area contributed by atoms with Gasteiger partial charge in [-0.15, -0.1) is 0 Å². The number of benzene rings is 1. The third-order valence-electron chi connectivity index (χ3n) is 2.80. The first kappa shape index (κ1) is 11.8. The number of aryl methyl sites for hydroxylation is 1. The number of anilines is 1. The maximum atomic E-state index is 5.89. The first-order chi connectivity index (χ1) is 9.15. The molecule has 6 heteroatoms. The lowest BCUT2D eigenvalue weighted by atomic mass is 10.0. The summed E-state index contributed by atoms with van der Waals surface area (Å²) < 4.78 is 6.93. The molecule has 96 valence electrons. The van der Waals surface area contributed by atoms with Crippen LogP contribution >= 0.6 is 11.6 Å². The molecule has 0 fully saturated rings. The molecular formula is C13H11ClN4O. The van der Waals surface area contributed by atoms with Crippen molar-refractivity contribution in [3.05, 3.63) is 41.8 Å². The Morgan fingerprint density at radius 1 is 1.26 bits per heavy atom. The fourth-order valence-electron chi connectivity index (χ4n) is 1.91. The Morgan fingerprint density at radius 2 is 2.00 bits per heavy atom. The maximum absolute atomic E-state index is 5.89. The van der Waals surface area contributed by atoms with Gasteiger partial charge in [0.05, 0.1) is 11.9 Å². The number of nitrogens with two attached hydrogens (primary N) is 1. The number of nitrogens with zero attached hydrogens (tertiary/aromatic N) is 3. The zero-order valence-electron chi connectivity index (χ0n) is 10.2. The van der Waals surface area contributed by atoms with Gasteiger partial charge < -0.3 is 14.8 Å². The monoisotopic (exact) mass is 274 g/mol. The van der Waals surface area contributed by atoms with E-state index in [-0.39, 0.29) is 5.88 Å². The second-order valence-electron chi connectivity index (χ2n) is 4.20. The molecule has 0 saturated carbocycles. The first-order valence-corrected chi connectivity index (χ1v) is 6.02. The molecule has 0 aliphatic rings. The lowest BCUT2D eigenvalue weighted by Gasteiger charge is -2.00. The van der Waals surface area contributed by atoms with Crippen molar-refractivity contribution in [3.63, 3.8) is 0 Å². The van der Waals surface area contributed by atoms with Crippen LogP contribution in [0.25, 0.3) is 22.5 Å². The number of rotatable bonds is 2. The van der Waals surface area contributed by atoms with Crippen molar-refractivity contribution in [2.45, 2.75) is 0 Å². The number of hydrogen-bond donors (Lipinski definition) is 1. The fraction of sp³-hybridized carbons (Fsp3) is 0.0769. The van der Waals surface area contributed by atoms with E-state index in [1.165, 1.54) is 0 Å². The fourth-order valence-corrected chi connectivity index (χ4v) is 2.03. The van der Waals surface area contributed by atoms with Gasteiger partial charge in [0.1, 0.15) is 11.4 Å². The van der Waals surface area contributed by atoms with Crippen LogP contribution in [0.5, 0.6) is 0 Å². The molecule has 0 atom stereocenters. The highest BCUT2D eigenvalue weighted by Gasteiger charge is 2.18. The predicted octanol–water partition coefficient (Wildman–Crippen LogP) is 2.98. The van der Waals surface area contributed by atoms with E-state index in [0.29, 0.717) is 16.4 Å². The SMILES string of the molecule is Cn1cnc(-c2noc(N)c2-c2ccc(Cl)cc2)c1. The summed E-state index contributed by atoms with van der Waals surface area (Å²) in [6, 6.07) is 7.34. The normalized spacial score (nSPS) is 10.8. The molecule has 2 aromatic heterocycles. The highest BCUT2D eigenvalue weighted by atomic mass is 35.5. The molecule has 0 unspecified atom stereocenters. The van der Waals surface area contributed by atoms with Crippen LogP contribution in [-0.4, -0.2) is 14.7 Å². The molecule has 0 saturated heterocycles. The Labute approximate surface area is 114 Å². The van der Waals surface area contributed by atoms with Crippen LogP contribution in [0.2, 0.25) is 5.02 Å². The summed E-state index contributed by atoms with van der Waals surface area (Å²) >= 11 is 5.89. The van der Waals surface area contributed by atoms with E-state index < -0.39 is 0 Å². The molecule has 1 aromatic carbocycles. The van der Waals surface area contributed by atoms with Crippen LogP contribution in [0.15, 0.2) is 41.3 Å². The zero-order chi connectivity index (χ0) is 13.4. The number of aromatic nitrogens is 3. The van der Waals surface area contributed by atoms with Crippen LogP contribution in [0.3, 0.4) is 0 Å². The highest BCUT2D eigenvalue weighted by Crippen LogP contribution is 2.35. The van der Waals surface area contributed by atoms with E-state index in [1.54, 1.807) is 18.5 Å². The molecular weight excluding hydrogens is 264 g/mol. The predicted molar refractivity (Wildman–Crippen MR) is 73.6 cm³/mol. The molecule has 0 spiro atoms. The van der Waals surface area contributed by atoms with Crippen LogP contribution in [0.1, 0.15) is 0 Å². The second-order valence-corrected chi connectivity index (χ2v) is 4.64. The summed E-state index contributed by atoms with van der Waals surface area (Å²) in [6.07, 6.45) is 3.56. The average molecular weight is 275 g/mol. The largest absolute Gasteiger partial charge is 0.367 e. The average Bonchev–Trinajstić information content (AvgIpc) is 2.97. The van der Waals surface area contributed by atoms with E-state index in [4.69, 9.17) is 21.9 Å².